The third-order valence-corrected chi connectivity index (χ3v) is 7.29. The topological polar surface area (TPSA) is 151 Å². The highest BCUT2D eigenvalue weighted by atomic mass is 32.2. The van der Waals surface area contributed by atoms with Crippen molar-refractivity contribution in [2.24, 2.45) is 5.73 Å². The van der Waals surface area contributed by atoms with E-state index in [0.29, 0.717) is 29.5 Å². The number of amides is 1. The van der Waals surface area contributed by atoms with Crippen LogP contribution in [0.1, 0.15) is 48.3 Å². The number of aromatic amines is 1. The molecular weight excluding hydrogens is 426 g/mol. The summed E-state index contributed by atoms with van der Waals surface area (Å²) < 4.78 is 0. The second-order valence-corrected chi connectivity index (χ2v) is 10.4. The lowest BCUT2D eigenvalue weighted by Crippen LogP contribution is -2.44. The molecular formula is C21H29N9OS. The normalized spacial score (nSPS) is 22.6. The number of H-pyrrole nitrogens is 1. The lowest BCUT2D eigenvalue weighted by atomic mass is 9.73. The number of fused-ring (bicyclic) bond motifs is 3. The van der Waals surface area contributed by atoms with E-state index in [1.807, 2.05) is 0 Å². The molecule has 0 saturated carbocycles. The van der Waals surface area contributed by atoms with Crippen molar-refractivity contribution >= 4 is 23.6 Å². The van der Waals surface area contributed by atoms with E-state index in [2.05, 4.69) is 55.0 Å². The van der Waals surface area contributed by atoms with Gasteiger partial charge in [-0.2, -0.15) is 5.10 Å². The van der Waals surface area contributed by atoms with Crippen molar-refractivity contribution < 1.29 is 4.79 Å². The Balaban J connectivity index is 1.28. The minimum absolute atomic E-state index is 0.194. The van der Waals surface area contributed by atoms with Crippen LogP contribution in [0.2, 0.25) is 0 Å². The summed E-state index contributed by atoms with van der Waals surface area (Å²) in [6.07, 6.45) is 4.51. The number of carbonyl (C=O) groups excluding carboxylic acids is 1. The van der Waals surface area contributed by atoms with E-state index in [4.69, 9.17) is 11.5 Å². The summed E-state index contributed by atoms with van der Waals surface area (Å²) in [7, 11) is 0. The zero-order valence-corrected chi connectivity index (χ0v) is 19.1. The summed E-state index contributed by atoms with van der Waals surface area (Å²) in [6, 6.07) is 0.317. The summed E-state index contributed by atoms with van der Waals surface area (Å²) in [4.78, 5) is 24.1. The fourth-order valence-electron chi connectivity index (χ4n) is 4.74. The fraction of sp³-hybridized carbons (Fsp3) is 0.524. The van der Waals surface area contributed by atoms with Gasteiger partial charge in [0.25, 0.3) is 5.91 Å². The first-order chi connectivity index (χ1) is 15.3. The number of piperidine rings is 1. The first-order valence-corrected chi connectivity index (χ1v) is 11.8. The smallest absolute Gasteiger partial charge is 0.271 e. The molecule has 1 amide bonds. The van der Waals surface area contributed by atoms with Crippen LogP contribution in [0.15, 0.2) is 17.3 Å². The van der Waals surface area contributed by atoms with Crippen molar-refractivity contribution in [3.8, 4) is 11.4 Å². The molecule has 1 aliphatic carbocycles. The second kappa shape index (κ2) is 8.05. The predicted octanol–water partition coefficient (Wildman–Crippen LogP) is 0.897. The number of anilines is 1. The number of nitrogens with one attached hydrogen (secondary N) is 3. The number of nitrogens with two attached hydrogens (primary N) is 2. The van der Waals surface area contributed by atoms with Crippen molar-refractivity contribution in [1.82, 2.24) is 35.7 Å². The third kappa shape index (κ3) is 3.96. The van der Waals surface area contributed by atoms with Crippen LogP contribution in [0, 0.1) is 0 Å². The van der Waals surface area contributed by atoms with Gasteiger partial charge < -0.3 is 22.1 Å². The number of hydrogen-bond acceptors (Lipinski definition) is 9. The van der Waals surface area contributed by atoms with E-state index in [1.54, 1.807) is 18.0 Å². The number of rotatable bonds is 4. The Morgan fingerprint density at radius 1 is 1.34 bits per heavy atom. The zero-order valence-electron chi connectivity index (χ0n) is 18.3. The average Bonchev–Trinajstić information content (AvgIpc) is 3.38. The Morgan fingerprint density at radius 3 is 2.91 bits per heavy atom. The van der Waals surface area contributed by atoms with Gasteiger partial charge in [0, 0.05) is 43.1 Å². The summed E-state index contributed by atoms with van der Waals surface area (Å²) in [5.74, 6) is 0.00477. The minimum Gasteiger partial charge on any atom is -0.368 e. The number of likely N-dealkylation sites (tertiary alicyclic amines) is 1. The van der Waals surface area contributed by atoms with Crippen LogP contribution in [0.3, 0.4) is 0 Å². The maximum atomic E-state index is 13.2. The van der Waals surface area contributed by atoms with E-state index in [-0.39, 0.29) is 22.8 Å². The van der Waals surface area contributed by atoms with E-state index >= 15 is 0 Å². The van der Waals surface area contributed by atoms with Crippen LogP contribution in [-0.4, -0.2) is 62.1 Å². The van der Waals surface area contributed by atoms with Gasteiger partial charge in [-0.15, -0.1) is 0 Å². The van der Waals surface area contributed by atoms with Crippen LogP contribution in [0.25, 0.3) is 11.4 Å². The average molecular weight is 456 g/mol. The molecule has 4 heterocycles. The van der Waals surface area contributed by atoms with E-state index in [1.165, 1.54) is 0 Å². The first kappa shape index (κ1) is 21.2. The quantitative estimate of drug-likeness (QED) is 0.453. The molecule has 0 radical (unpaired) electrons. The number of nitrogens with zero attached hydrogens (tertiary/aromatic N) is 4. The predicted molar refractivity (Wildman–Crippen MR) is 124 cm³/mol. The molecule has 1 unspecified atom stereocenters. The molecule has 3 aliphatic rings. The molecule has 1 atom stereocenters. The molecule has 2 aromatic heterocycles. The molecule has 0 aromatic carbocycles. The zero-order chi connectivity index (χ0) is 22.5. The molecule has 7 N–H and O–H groups in total. The number of thioether (sulfide) groups is 1. The number of nitrogen functional groups attached to an aromatic ring is 1. The Bertz CT molecular complexity index is 1070. The molecule has 0 spiro atoms. The van der Waals surface area contributed by atoms with Crippen LogP contribution in [0.4, 0.5) is 5.95 Å². The highest BCUT2D eigenvalue weighted by Crippen LogP contribution is 2.42. The van der Waals surface area contributed by atoms with Crippen molar-refractivity contribution in [2.75, 3.05) is 25.4 Å². The minimum atomic E-state index is -0.295. The van der Waals surface area contributed by atoms with Gasteiger partial charge in [-0.25, -0.2) is 9.97 Å². The van der Waals surface area contributed by atoms with Gasteiger partial charge in [0.2, 0.25) is 5.95 Å². The van der Waals surface area contributed by atoms with Gasteiger partial charge in [0.05, 0.1) is 5.69 Å². The summed E-state index contributed by atoms with van der Waals surface area (Å²) >= 11 is 1.57. The lowest BCUT2D eigenvalue weighted by Gasteiger charge is -2.31. The number of aromatic nitrogens is 4. The van der Waals surface area contributed by atoms with Crippen LogP contribution in [0.5, 0.6) is 0 Å². The molecule has 11 heteroatoms. The van der Waals surface area contributed by atoms with E-state index < -0.39 is 0 Å². The molecule has 170 valence electrons. The van der Waals surface area contributed by atoms with Gasteiger partial charge in [-0.3, -0.25) is 14.8 Å². The van der Waals surface area contributed by atoms with E-state index in [0.717, 1.165) is 49.3 Å². The van der Waals surface area contributed by atoms with Gasteiger partial charge in [0.15, 0.2) is 5.50 Å². The second-order valence-electron chi connectivity index (χ2n) is 9.38. The monoisotopic (exact) mass is 455 g/mol. The van der Waals surface area contributed by atoms with Crippen LogP contribution >= 0.6 is 11.8 Å². The SMILES string of the molecule is CC1(C)Cc2cnc(N)nc2-c2n[nH]c(C(=O)NC3NC(CN4CCC(N)CC4)=CS3)c21. The molecule has 2 aromatic rings. The highest BCUT2D eigenvalue weighted by molar-refractivity contribution is 8.02. The lowest BCUT2D eigenvalue weighted by molar-refractivity contribution is 0.0939. The highest BCUT2D eigenvalue weighted by Gasteiger charge is 2.39. The molecule has 0 bridgehead atoms. The number of carbonyl (C=O) groups is 1. The van der Waals surface area contributed by atoms with Gasteiger partial charge in [0.1, 0.15) is 11.4 Å². The third-order valence-electron chi connectivity index (χ3n) is 6.36. The Labute approximate surface area is 191 Å². The summed E-state index contributed by atoms with van der Waals surface area (Å²) in [5.41, 5.74) is 16.1. The van der Waals surface area contributed by atoms with Gasteiger partial charge >= 0.3 is 0 Å². The first-order valence-electron chi connectivity index (χ1n) is 10.9. The van der Waals surface area contributed by atoms with Crippen LogP contribution in [-0.2, 0) is 11.8 Å². The standard InChI is InChI=1S/C21H29N9OS/c1-21(2)7-11-8-24-19(23)26-15(11)16-14(21)17(29-28-16)18(31)27-20-25-13(10-32-20)9-30-5-3-12(22)4-6-30/h8,10,12,20,25H,3-7,9,22H2,1-2H3,(H,27,31)(H,28,29)(H2,23,24,26). The number of hydrogen-bond donors (Lipinski definition) is 5. The van der Waals surface area contributed by atoms with Crippen molar-refractivity contribution in [2.45, 2.75) is 50.1 Å². The summed E-state index contributed by atoms with van der Waals surface area (Å²) in [6.45, 7) is 7.06. The molecule has 2 aliphatic heterocycles. The Hall–Kier alpha value is -2.63. The van der Waals surface area contributed by atoms with Crippen molar-refractivity contribution in [3.05, 3.63) is 34.1 Å². The molecule has 10 nitrogen and oxygen atoms in total. The van der Waals surface area contributed by atoms with Gasteiger partial charge in [-0.1, -0.05) is 25.6 Å². The van der Waals surface area contributed by atoms with E-state index in [9.17, 15) is 4.79 Å². The molecule has 5 rings (SSSR count). The molecule has 1 fully saturated rings. The largest absolute Gasteiger partial charge is 0.368 e. The summed E-state index contributed by atoms with van der Waals surface area (Å²) in [5, 5.41) is 16.0. The molecule has 1 saturated heterocycles. The Kier molecular flexibility index (Phi) is 5.34. The van der Waals surface area contributed by atoms with Crippen LogP contribution < -0.4 is 22.1 Å². The fourth-order valence-corrected chi connectivity index (χ4v) is 5.58. The van der Waals surface area contributed by atoms with Crippen molar-refractivity contribution in [3.63, 3.8) is 0 Å². The maximum absolute atomic E-state index is 13.2. The van der Waals surface area contributed by atoms with Gasteiger partial charge in [-0.05, 0) is 35.6 Å². The van der Waals surface area contributed by atoms with Crippen molar-refractivity contribution in [1.29, 1.82) is 0 Å². The molecule has 32 heavy (non-hydrogen) atoms. The maximum Gasteiger partial charge on any atom is 0.271 e. The Morgan fingerprint density at radius 2 is 2.12 bits per heavy atom.